The first-order chi connectivity index (χ1) is 6.79. The molecule has 0 amide bonds. The van der Waals surface area contributed by atoms with Crippen molar-refractivity contribution in [3.05, 3.63) is 18.2 Å². The zero-order valence-electron chi connectivity index (χ0n) is 7.90. The van der Waals surface area contributed by atoms with Crippen molar-refractivity contribution in [2.24, 2.45) is 0 Å². The van der Waals surface area contributed by atoms with Crippen molar-refractivity contribution in [3.8, 4) is 17.2 Å². The summed E-state index contributed by atoms with van der Waals surface area (Å²) in [7, 11) is 1.59. The van der Waals surface area contributed by atoms with Gasteiger partial charge in [0, 0.05) is 17.6 Å². The molecule has 0 bridgehead atoms. The van der Waals surface area contributed by atoms with E-state index in [4.69, 9.17) is 9.47 Å². The summed E-state index contributed by atoms with van der Waals surface area (Å²) >= 11 is 1.85. The van der Waals surface area contributed by atoms with Gasteiger partial charge < -0.3 is 14.6 Å². The Labute approximate surface area is 87.0 Å². The monoisotopic (exact) mass is 212 g/mol. The molecule has 0 atom stereocenters. The Morgan fingerprint density at radius 1 is 1.36 bits per heavy atom. The molecule has 0 saturated carbocycles. The van der Waals surface area contributed by atoms with E-state index in [1.54, 1.807) is 25.3 Å². The number of ether oxygens (including phenoxy) is 2. The lowest BCUT2D eigenvalue weighted by atomic mass is 10.3. The van der Waals surface area contributed by atoms with Crippen LogP contribution in [0.2, 0.25) is 0 Å². The van der Waals surface area contributed by atoms with Crippen molar-refractivity contribution >= 4 is 11.8 Å². The van der Waals surface area contributed by atoms with Gasteiger partial charge in [0.05, 0.1) is 7.11 Å². The minimum atomic E-state index is 0.202. The van der Waals surface area contributed by atoms with Crippen LogP contribution in [-0.2, 0) is 0 Å². The highest BCUT2D eigenvalue weighted by atomic mass is 32.2. The van der Waals surface area contributed by atoms with Crippen LogP contribution in [0.15, 0.2) is 18.2 Å². The minimum absolute atomic E-state index is 0.202. The van der Waals surface area contributed by atoms with Crippen molar-refractivity contribution in [2.75, 3.05) is 18.6 Å². The molecule has 1 saturated heterocycles. The van der Waals surface area contributed by atoms with Crippen molar-refractivity contribution in [1.29, 1.82) is 0 Å². The fourth-order valence-corrected chi connectivity index (χ4v) is 1.78. The van der Waals surface area contributed by atoms with E-state index in [1.807, 2.05) is 11.8 Å². The second-order valence-electron chi connectivity index (χ2n) is 3.11. The number of hydrogen-bond donors (Lipinski definition) is 1. The smallest absolute Gasteiger partial charge is 0.165 e. The van der Waals surface area contributed by atoms with Crippen molar-refractivity contribution < 1.29 is 14.6 Å². The molecular formula is C10H12O3S. The molecular weight excluding hydrogens is 200 g/mol. The number of benzene rings is 1. The van der Waals surface area contributed by atoms with E-state index < -0.39 is 0 Å². The fraction of sp³-hybridized carbons (Fsp3) is 0.400. The number of phenolic OH excluding ortho intramolecular Hbond substituents is 1. The van der Waals surface area contributed by atoms with Gasteiger partial charge in [-0.05, 0) is 12.1 Å². The van der Waals surface area contributed by atoms with Crippen LogP contribution in [0.4, 0.5) is 0 Å². The van der Waals surface area contributed by atoms with Crippen molar-refractivity contribution in [3.63, 3.8) is 0 Å². The lowest BCUT2D eigenvalue weighted by molar-refractivity contribution is 0.227. The molecule has 1 N–H and O–H groups in total. The molecule has 2 rings (SSSR count). The molecule has 1 aromatic carbocycles. The molecule has 4 heteroatoms. The van der Waals surface area contributed by atoms with Crippen LogP contribution in [0.3, 0.4) is 0 Å². The molecule has 14 heavy (non-hydrogen) atoms. The van der Waals surface area contributed by atoms with Gasteiger partial charge in [0.15, 0.2) is 11.5 Å². The Kier molecular flexibility index (Phi) is 2.72. The van der Waals surface area contributed by atoms with Gasteiger partial charge in [0.2, 0.25) is 0 Å². The Balaban J connectivity index is 2.15. The summed E-state index contributed by atoms with van der Waals surface area (Å²) in [6, 6.07) is 4.87. The first kappa shape index (κ1) is 9.52. The van der Waals surface area contributed by atoms with Gasteiger partial charge in [-0.15, -0.1) is 0 Å². The highest BCUT2D eigenvalue weighted by Gasteiger charge is 2.21. The SMILES string of the molecule is COc1ccc(O)cc1OC1CSC1. The van der Waals surface area contributed by atoms with Crippen LogP contribution in [0, 0.1) is 0 Å². The predicted octanol–water partition coefficient (Wildman–Crippen LogP) is 1.89. The number of aromatic hydroxyl groups is 1. The van der Waals surface area contributed by atoms with Crippen LogP contribution < -0.4 is 9.47 Å². The van der Waals surface area contributed by atoms with E-state index >= 15 is 0 Å². The highest BCUT2D eigenvalue weighted by molar-refractivity contribution is 8.00. The van der Waals surface area contributed by atoms with Crippen LogP contribution in [0.5, 0.6) is 17.2 Å². The lowest BCUT2D eigenvalue weighted by Crippen LogP contribution is -2.31. The third-order valence-corrected chi connectivity index (χ3v) is 3.26. The molecule has 0 spiro atoms. The molecule has 0 radical (unpaired) electrons. The van der Waals surface area contributed by atoms with Crippen LogP contribution in [0.1, 0.15) is 0 Å². The maximum atomic E-state index is 9.30. The third kappa shape index (κ3) is 1.90. The Morgan fingerprint density at radius 2 is 2.14 bits per heavy atom. The van der Waals surface area contributed by atoms with E-state index in [9.17, 15) is 5.11 Å². The standard InChI is InChI=1S/C10H12O3S/c1-12-9-3-2-7(11)4-10(9)13-8-5-14-6-8/h2-4,8,11H,5-6H2,1H3. The molecule has 0 unspecified atom stereocenters. The van der Waals surface area contributed by atoms with E-state index in [-0.39, 0.29) is 11.9 Å². The second kappa shape index (κ2) is 4.00. The predicted molar refractivity (Wildman–Crippen MR) is 56.4 cm³/mol. The van der Waals surface area contributed by atoms with E-state index in [2.05, 4.69) is 0 Å². The average molecular weight is 212 g/mol. The Bertz CT molecular complexity index is 323. The molecule has 1 aliphatic rings. The summed E-state index contributed by atoms with van der Waals surface area (Å²) in [6.07, 6.45) is 0.260. The first-order valence-corrected chi connectivity index (χ1v) is 5.56. The molecule has 1 heterocycles. The van der Waals surface area contributed by atoms with E-state index in [1.165, 1.54) is 0 Å². The largest absolute Gasteiger partial charge is 0.508 e. The maximum Gasteiger partial charge on any atom is 0.165 e. The summed E-state index contributed by atoms with van der Waals surface area (Å²) in [5, 5.41) is 9.30. The van der Waals surface area contributed by atoms with Gasteiger partial charge in [0.1, 0.15) is 11.9 Å². The van der Waals surface area contributed by atoms with Crippen LogP contribution in [0.25, 0.3) is 0 Å². The Morgan fingerprint density at radius 3 is 2.71 bits per heavy atom. The van der Waals surface area contributed by atoms with Gasteiger partial charge in [-0.1, -0.05) is 0 Å². The second-order valence-corrected chi connectivity index (χ2v) is 4.19. The zero-order valence-corrected chi connectivity index (χ0v) is 8.71. The van der Waals surface area contributed by atoms with Gasteiger partial charge in [0.25, 0.3) is 0 Å². The molecule has 1 fully saturated rings. The summed E-state index contributed by atoms with van der Waals surface area (Å²) in [5.41, 5.74) is 0. The highest BCUT2D eigenvalue weighted by Crippen LogP contribution is 2.33. The minimum Gasteiger partial charge on any atom is -0.508 e. The molecule has 3 nitrogen and oxygen atoms in total. The van der Waals surface area contributed by atoms with Gasteiger partial charge >= 0.3 is 0 Å². The molecule has 0 aliphatic carbocycles. The maximum absolute atomic E-state index is 9.30. The zero-order chi connectivity index (χ0) is 9.97. The van der Waals surface area contributed by atoms with Gasteiger partial charge in [-0.3, -0.25) is 0 Å². The third-order valence-electron chi connectivity index (χ3n) is 2.05. The van der Waals surface area contributed by atoms with Crippen LogP contribution >= 0.6 is 11.8 Å². The molecule has 76 valence electrons. The van der Waals surface area contributed by atoms with Crippen molar-refractivity contribution in [1.82, 2.24) is 0 Å². The summed E-state index contributed by atoms with van der Waals surface area (Å²) < 4.78 is 10.8. The molecule has 0 aromatic heterocycles. The lowest BCUT2D eigenvalue weighted by Gasteiger charge is -2.26. The average Bonchev–Trinajstić information content (AvgIpc) is 2.12. The van der Waals surface area contributed by atoms with E-state index in [0.717, 1.165) is 11.5 Å². The summed E-state index contributed by atoms with van der Waals surface area (Å²) in [6.45, 7) is 0. The molecule has 1 aliphatic heterocycles. The number of methoxy groups -OCH3 is 1. The first-order valence-electron chi connectivity index (χ1n) is 4.41. The quantitative estimate of drug-likeness (QED) is 0.830. The van der Waals surface area contributed by atoms with Crippen molar-refractivity contribution in [2.45, 2.75) is 6.10 Å². The summed E-state index contributed by atoms with van der Waals surface area (Å²) in [4.78, 5) is 0. The number of thioether (sulfide) groups is 1. The Hall–Kier alpha value is -1.03. The normalized spacial score (nSPS) is 16.1. The number of phenols is 1. The summed E-state index contributed by atoms with van der Waals surface area (Å²) in [5.74, 6) is 3.52. The molecule has 1 aromatic rings. The van der Waals surface area contributed by atoms with Crippen LogP contribution in [-0.4, -0.2) is 29.8 Å². The van der Waals surface area contributed by atoms with Gasteiger partial charge in [-0.2, -0.15) is 11.8 Å². The topological polar surface area (TPSA) is 38.7 Å². The van der Waals surface area contributed by atoms with E-state index in [0.29, 0.717) is 11.5 Å². The number of hydrogen-bond acceptors (Lipinski definition) is 4. The number of rotatable bonds is 3. The fourth-order valence-electron chi connectivity index (χ4n) is 1.22. The van der Waals surface area contributed by atoms with Gasteiger partial charge in [-0.25, -0.2) is 0 Å².